The first-order valence-corrected chi connectivity index (χ1v) is 13.6. The Morgan fingerprint density at radius 1 is 1.34 bits per heavy atom. The summed E-state index contributed by atoms with van der Waals surface area (Å²) < 4.78 is 4.67. The van der Waals surface area contributed by atoms with Gasteiger partial charge in [-0.1, -0.05) is 58.8 Å². The third-order valence-corrected chi connectivity index (χ3v) is 7.09. The average Bonchev–Trinajstić information content (AvgIpc) is 3.29. The van der Waals surface area contributed by atoms with Crippen LogP contribution in [0.3, 0.4) is 0 Å². The zero-order valence-corrected chi connectivity index (χ0v) is 23.7. The molecule has 0 spiro atoms. The molecule has 35 heavy (non-hydrogen) atoms. The molecule has 1 aromatic rings. The van der Waals surface area contributed by atoms with Crippen LogP contribution >= 0.6 is 11.3 Å². The number of hydrogen-bond acceptors (Lipinski definition) is 7. The summed E-state index contributed by atoms with van der Waals surface area (Å²) in [6.45, 7) is 15.3. The number of aliphatic hydroxyl groups excluding tert-OH is 1. The number of nitrogens with zero attached hydrogens (tertiary/aromatic N) is 1. The van der Waals surface area contributed by atoms with Gasteiger partial charge in [0.1, 0.15) is 10.8 Å². The van der Waals surface area contributed by atoms with Crippen LogP contribution in [0.15, 0.2) is 23.1 Å². The van der Waals surface area contributed by atoms with E-state index in [4.69, 9.17) is 5.73 Å². The van der Waals surface area contributed by atoms with Gasteiger partial charge in [-0.3, -0.25) is 9.59 Å². The number of nitrogens with two attached hydrogens (primary N) is 1. The summed E-state index contributed by atoms with van der Waals surface area (Å²) in [5, 5.41) is 13.1. The van der Waals surface area contributed by atoms with E-state index in [1.54, 1.807) is 11.3 Å². The van der Waals surface area contributed by atoms with Gasteiger partial charge in [-0.05, 0) is 57.9 Å². The van der Waals surface area contributed by atoms with E-state index in [9.17, 15) is 14.7 Å². The van der Waals surface area contributed by atoms with Crippen molar-refractivity contribution < 1.29 is 19.4 Å². The molecule has 3 N–H and O–H groups in total. The van der Waals surface area contributed by atoms with Crippen molar-refractivity contribution in [3.8, 4) is 0 Å². The molecule has 0 bridgehead atoms. The van der Waals surface area contributed by atoms with Crippen LogP contribution in [0.5, 0.6) is 0 Å². The Morgan fingerprint density at radius 2 is 2.03 bits per heavy atom. The van der Waals surface area contributed by atoms with E-state index in [0.717, 1.165) is 42.8 Å². The number of carbonyl (C=O) groups excluding carboxylic acids is 2. The Morgan fingerprint density at radius 3 is 2.57 bits per heavy atom. The molecule has 1 rings (SSSR count). The van der Waals surface area contributed by atoms with Gasteiger partial charge in [0, 0.05) is 23.3 Å². The molecule has 0 saturated carbocycles. The zero-order valence-electron chi connectivity index (χ0n) is 22.9. The van der Waals surface area contributed by atoms with Crippen LogP contribution in [0.4, 0.5) is 0 Å². The number of allylic oxidation sites excluding steroid dienone is 2. The summed E-state index contributed by atoms with van der Waals surface area (Å²) in [6, 6.07) is 0. The first-order valence-electron chi connectivity index (χ1n) is 12.7. The molecule has 0 radical (unpaired) electrons. The second-order valence-electron chi connectivity index (χ2n) is 9.82. The molecule has 0 aliphatic rings. The lowest BCUT2D eigenvalue weighted by molar-refractivity contribution is -0.137. The van der Waals surface area contributed by atoms with Gasteiger partial charge in [0.15, 0.2) is 0 Å². The molecular formula is C28H48N2O4S. The van der Waals surface area contributed by atoms with Crippen LogP contribution in [0, 0.1) is 17.3 Å². The Labute approximate surface area is 217 Å². The molecule has 0 aliphatic carbocycles. The fourth-order valence-corrected chi connectivity index (χ4v) is 4.70. The first kappa shape index (κ1) is 33.2. The van der Waals surface area contributed by atoms with Gasteiger partial charge in [-0.2, -0.15) is 0 Å². The number of aromatic nitrogens is 1. The fraction of sp³-hybridized carbons (Fsp3) is 0.679. The maximum atomic E-state index is 12.6. The van der Waals surface area contributed by atoms with Crippen molar-refractivity contribution >= 4 is 29.7 Å². The lowest BCUT2D eigenvalue weighted by Crippen LogP contribution is -2.40. The highest BCUT2D eigenvalue weighted by Gasteiger charge is 2.37. The number of ketones is 1. The summed E-state index contributed by atoms with van der Waals surface area (Å²) in [5.41, 5.74) is 7.04. The Balaban J connectivity index is 0.000000952. The van der Waals surface area contributed by atoms with Crippen LogP contribution in [-0.4, -0.2) is 35.1 Å². The normalized spacial score (nSPS) is 14.7. The minimum Gasteiger partial charge on any atom is -0.468 e. The van der Waals surface area contributed by atoms with Crippen molar-refractivity contribution in [2.24, 2.45) is 23.0 Å². The quantitative estimate of drug-likeness (QED) is 0.154. The summed E-state index contributed by atoms with van der Waals surface area (Å²) in [4.78, 5) is 26.9. The lowest BCUT2D eigenvalue weighted by atomic mass is 9.74. The van der Waals surface area contributed by atoms with Crippen LogP contribution in [-0.2, 0) is 20.9 Å². The molecule has 3 unspecified atom stereocenters. The van der Waals surface area contributed by atoms with E-state index in [1.807, 2.05) is 52.2 Å². The van der Waals surface area contributed by atoms with Crippen molar-refractivity contribution in [3.63, 3.8) is 0 Å². The zero-order chi connectivity index (χ0) is 26.9. The van der Waals surface area contributed by atoms with Gasteiger partial charge in [0.05, 0.1) is 18.4 Å². The van der Waals surface area contributed by atoms with Crippen LogP contribution in [0.25, 0.3) is 6.08 Å². The van der Waals surface area contributed by atoms with E-state index in [0.29, 0.717) is 32.0 Å². The van der Waals surface area contributed by atoms with Crippen molar-refractivity contribution in [1.82, 2.24) is 4.98 Å². The molecule has 1 heterocycles. The number of aliphatic hydroxyl groups is 1. The lowest BCUT2D eigenvalue weighted by Gasteiger charge is -2.31. The number of rotatable bonds is 16. The van der Waals surface area contributed by atoms with Crippen LogP contribution < -0.4 is 5.73 Å². The fourth-order valence-electron chi connectivity index (χ4n) is 4.06. The molecule has 0 fully saturated rings. The molecule has 0 amide bonds. The van der Waals surface area contributed by atoms with E-state index in [2.05, 4.69) is 29.6 Å². The largest absolute Gasteiger partial charge is 0.468 e. The number of ether oxygens (including phenoxy) is 1. The maximum absolute atomic E-state index is 12.6. The molecule has 1 aromatic heterocycles. The summed E-state index contributed by atoms with van der Waals surface area (Å²) in [7, 11) is 0. The molecule has 7 heteroatoms. The van der Waals surface area contributed by atoms with E-state index < -0.39 is 11.5 Å². The van der Waals surface area contributed by atoms with Gasteiger partial charge in [0.2, 0.25) is 0 Å². The predicted molar refractivity (Wildman–Crippen MR) is 147 cm³/mol. The third kappa shape index (κ3) is 13.7. The molecule has 6 nitrogen and oxygen atoms in total. The van der Waals surface area contributed by atoms with Crippen LogP contribution in [0.1, 0.15) is 97.7 Å². The smallest absolute Gasteiger partial charge is 0.293 e. The Kier molecular flexibility index (Phi) is 17.5. The van der Waals surface area contributed by atoms with Gasteiger partial charge in [-0.25, -0.2) is 4.98 Å². The number of Topliss-reactive ketones (excluding diaryl/α,β-unsaturated/α-hetero) is 1. The summed E-state index contributed by atoms with van der Waals surface area (Å²) in [6.07, 6.45) is 10.9. The van der Waals surface area contributed by atoms with Gasteiger partial charge in [-0.15, -0.1) is 11.3 Å². The highest BCUT2D eigenvalue weighted by atomic mass is 32.1. The van der Waals surface area contributed by atoms with Crippen molar-refractivity contribution in [2.75, 3.05) is 6.61 Å². The maximum Gasteiger partial charge on any atom is 0.293 e. The predicted octanol–water partition coefficient (Wildman–Crippen LogP) is 6.33. The topological polar surface area (TPSA) is 103 Å². The standard InChI is InChI=1S/C21H38O4.C7H10N2S/c1-7-19(23)21(5,6)20(24)18(4)14-17(3)11-8-10-16(2)12-9-13-25-15-22;1-2-3-6-5-10-7(4-8)9-6/h12,15,17-19,23H,7-11,13-14H2,1-6H3;2-3,5H,4,8H2,1H3/b16-12-;3-2-. The number of carbonyl (C=O) groups is 2. The minimum absolute atomic E-state index is 0.0247. The number of hydrogen-bond donors (Lipinski definition) is 2. The van der Waals surface area contributed by atoms with E-state index in [-0.39, 0.29) is 11.7 Å². The molecule has 0 aliphatic heterocycles. The van der Waals surface area contributed by atoms with Gasteiger partial charge >= 0.3 is 0 Å². The Bertz CT molecular complexity index is 786. The SMILES string of the molecule is C/C=C\c1csc(CN)n1.CCC(O)C(C)(C)C(=O)C(C)CC(C)CCC/C(C)=C\CCOC=O. The van der Waals surface area contributed by atoms with Crippen LogP contribution in [0.2, 0.25) is 0 Å². The summed E-state index contributed by atoms with van der Waals surface area (Å²) in [5.74, 6) is 0.628. The molecule has 200 valence electrons. The monoisotopic (exact) mass is 508 g/mol. The second kappa shape index (κ2) is 18.4. The highest BCUT2D eigenvalue weighted by molar-refractivity contribution is 7.09. The van der Waals surface area contributed by atoms with Gasteiger partial charge < -0.3 is 15.6 Å². The summed E-state index contributed by atoms with van der Waals surface area (Å²) >= 11 is 1.60. The molecular weight excluding hydrogens is 460 g/mol. The Hall–Kier alpha value is -1.83. The minimum atomic E-state index is -0.670. The molecule has 0 aromatic carbocycles. The van der Waals surface area contributed by atoms with Crippen molar-refractivity contribution in [1.29, 1.82) is 0 Å². The number of thiazole rings is 1. The van der Waals surface area contributed by atoms with Crippen molar-refractivity contribution in [2.45, 2.75) is 99.6 Å². The molecule has 0 saturated heterocycles. The van der Waals surface area contributed by atoms with Crippen molar-refractivity contribution in [3.05, 3.63) is 33.8 Å². The average molecular weight is 509 g/mol. The first-order chi connectivity index (χ1) is 16.5. The second-order valence-corrected chi connectivity index (χ2v) is 10.8. The highest BCUT2D eigenvalue weighted by Crippen LogP contribution is 2.31. The van der Waals surface area contributed by atoms with E-state index in [1.165, 1.54) is 5.57 Å². The third-order valence-electron chi connectivity index (χ3n) is 6.20. The van der Waals surface area contributed by atoms with E-state index >= 15 is 0 Å². The van der Waals surface area contributed by atoms with Gasteiger partial charge in [0.25, 0.3) is 6.47 Å². The molecule has 3 atom stereocenters.